The summed E-state index contributed by atoms with van der Waals surface area (Å²) in [7, 11) is 2.98. The maximum absolute atomic E-state index is 12.3. The number of nitrogens with zero attached hydrogens (tertiary/aromatic N) is 7. The van der Waals surface area contributed by atoms with Crippen molar-refractivity contribution in [2.24, 2.45) is 20.0 Å². The molecule has 0 saturated carbocycles. The van der Waals surface area contributed by atoms with E-state index in [9.17, 15) is 14.9 Å². The Kier molecular flexibility index (Phi) is 4.20. The third-order valence-corrected chi connectivity index (χ3v) is 4.48. The van der Waals surface area contributed by atoms with Crippen molar-refractivity contribution in [2.45, 2.75) is 19.4 Å². The maximum atomic E-state index is 12.3. The Balaban J connectivity index is 1.95. The van der Waals surface area contributed by atoms with Gasteiger partial charge in [-0.3, -0.25) is 18.6 Å². The van der Waals surface area contributed by atoms with Crippen LogP contribution in [-0.2, 0) is 20.6 Å². The average Bonchev–Trinajstić information content (AvgIpc) is 3.09. The number of aromatic nitrogens is 5. The van der Waals surface area contributed by atoms with Crippen LogP contribution in [0.2, 0.25) is 0 Å². The fourth-order valence-electron chi connectivity index (χ4n) is 3.30. The molecule has 3 rings (SSSR count). The number of piperidine rings is 1. The van der Waals surface area contributed by atoms with Crippen molar-refractivity contribution in [1.29, 1.82) is 5.26 Å². The number of rotatable bonds is 3. The van der Waals surface area contributed by atoms with E-state index >= 15 is 0 Å². The zero-order valence-corrected chi connectivity index (χ0v) is 13.7. The summed E-state index contributed by atoms with van der Waals surface area (Å²) in [6.45, 7) is 2.09. The molecule has 9 nitrogen and oxygen atoms in total. The van der Waals surface area contributed by atoms with Crippen molar-refractivity contribution in [3.05, 3.63) is 39.1 Å². The van der Waals surface area contributed by atoms with Gasteiger partial charge >= 0.3 is 5.69 Å². The molecule has 24 heavy (non-hydrogen) atoms. The first-order valence-corrected chi connectivity index (χ1v) is 7.80. The van der Waals surface area contributed by atoms with Crippen LogP contribution in [0.25, 0.3) is 0 Å². The molecule has 0 spiro atoms. The van der Waals surface area contributed by atoms with Gasteiger partial charge in [-0.25, -0.2) is 9.78 Å². The van der Waals surface area contributed by atoms with Crippen LogP contribution in [0.4, 0.5) is 5.82 Å². The van der Waals surface area contributed by atoms with Gasteiger partial charge in [0.15, 0.2) is 5.56 Å². The second kappa shape index (κ2) is 6.31. The lowest BCUT2D eigenvalue weighted by atomic mass is 9.97. The summed E-state index contributed by atoms with van der Waals surface area (Å²) in [4.78, 5) is 30.4. The van der Waals surface area contributed by atoms with Crippen LogP contribution < -0.4 is 16.1 Å². The van der Waals surface area contributed by atoms with Crippen LogP contribution in [0.1, 0.15) is 18.4 Å². The van der Waals surface area contributed by atoms with Crippen molar-refractivity contribution >= 4 is 5.82 Å². The molecule has 0 radical (unpaired) electrons. The fourth-order valence-corrected chi connectivity index (χ4v) is 3.30. The quantitative estimate of drug-likeness (QED) is 0.750. The van der Waals surface area contributed by atoms with Crippen molar-refractivity contribution in [3.63, 3.8) is 0 Å². The van der Waals surface area contributed by atoms with Gasteiger partial charge in [0.05, 0.1) is 0 Å². The number of hydrogen-bond donors (Lipinski definition) is 0. The summed E-state index contributed by atoms with van der Waals surface area (Å²) < 4.78 is 4.14. The van der Waals surface area contributed by atoms with E-state index in [0.717, 1.165) is 24.0 Å². The minimum Gasteiger partial charge on any atom is -0.356 e. The van der Waals surface area contributed by atoms with Gasteiger partial charge in [0.25, 0.3) is 5.56 Å². The SMILES string of the molecule is Cn1c(N2CCCC(Cn3cncn3)C2)c(C#N)c(=O)n(C)c1=O. The van der Waals surface area contributed by atoms with Crippen molar-refractivity contribution < 1.29 is 0 Å². The van der Waals surface area contributed by atoms with E-state index in [1.165, 1.54) is 17.9 Å². The van der Waals surface area contributed by atoms with Crippen LogP contribution in [-0.4, -0.2) is 37.0 Å². The summed E-state index contributed by atoms with van der Waals surface area (Å²) in [6.07, 6.45) is 5.12. The largest absolute Gasteiger partial charge is 0.356 e. The Morgan fingerprint density at radius 2 is 2.12 bits per heavy atom. The van der Waals surface area contributed by atoms with Crippen LogP contribution in [0.3, 0.4) is 0 Å². The van der Waals surface area contributed by atoms with Gasteiger partial charge in [0.2, 0.25) is 0 Å². The van der Waals surface area contributed by atoms with E-state index in [4.69, 9.17) is 0 Å². The first-order chi connectivity index (χ1) is 11.5. The van der Waals surface area contributed by atoms with Crippen molar-refractivity contribution in [3.8, 4) is 6.07 Å². The molecule has 0 bridgehead atoms. The van der Waals surface area contributed by atoms with E-state index < -0.39 is 11.2 Å². The highest BCUT2D eigenvalue weighted by molar-refractivity contribution is 5.53. The summed E-state index contributed by atoms with van der Waals surface area (Å²) in [5.74, 6) is 0.722. The molecule has 1 aliphatic rings. The monoisotopic (exact) mass is 329 g/mol. The van der Waals surface area contributed by atoms with Gasteiger partial charge in [-0.1, -0.05) is 0 Å². The summed E-state index contributed by atoms with van der Waals surface area (Å²) >= 11 is 0. The third-order valence-electron chi connectivity index (χ3n) is 4.48. The van der Waals surface area contributed by atoms with E-state index in [1.54, 1.807) is 18.1 Å². The van der Waals surface area contributed by atoms with Crippen LogP contribution in [0.5, 0.6) is 0 Å². The lowest BCUT2D eigenvalue weighted by Gasteiger charge is -2.35. The lowest BCUT2D eigenvalue weighted by Crippen LogP contribution is -2.45. The highest BCUT2D eigenvalue weighted by atomic mass is 16.2. The Bertz CT molecular complexity index is 888. The second-order valence-electron chi connectivity index (χ2n) is 6.09. The fraction of sp³-hybridized carbons (Fsp3) is 0.533. The Morgan fingerprint density at radius 1 is 1.33 bits per heavy atom. The molecule has 1 saturated heterocycles. The van der Waals surface area contributed by atoms with Crippen LogP contribution in [0.15, 0.2) is 22.2 Å². The maximum Gasteiger partial charge on any atom is 0.332 e. The molecule has 0 N–H and O–H groups in total. The number of anilines is 1. The van der Waals surface area contributed by atoms with E-state index in [1.807, 2.05) is 11.0 Å². The Labute approximate surface area is 138 Å². The predicted molar refractivity (Wildman–Crippen MR) is 86.6 cm³/mol. The minimum atomic E-state index is -0.547. The molecule has 1 fully saturated rings. The molecular weight excluding hydrogens is 310 g/mol. The molecule has 9 heteroatoms. The molecule has 0 aliphatic carbocycles. The molecule has 1 unspecified atom stereocenters. The lowest BCUT2D eigenvalue weighted by molar-refractivity contribution is 0.348. The highest BCUT2D eigenvalue weighted by Crippen LogP contribution is 2.24. The third kappa shape index (κ3) is 2.71. The predicted octanol–water partition coefficient (Wildman–Crippen LogP) is -0.536. The first kappa shape index (κ1) is 16.0. The number of hydrogen-bond acceptors (Lipinski definition) is 6. The molecule has 1 atom stereocenters. The highest BCUT2D eigenvalue weighted by Gasteiger charge is 2.26. The Hall–Kier alpha value is -2.89. The Morgan fingerprint density at radius 3 is 2.79 bits per heavy atom. The average molecular weight is 329 g/mol. The summed E-state index contributed by atoms with van der Waals surface area (Å²) in [6, 6.07) is 1.97. The van der Waals surface area contributed by atoms with Gasteiger partial charge in [-0.05, 0) is 18.8 Å². The standard InChI is InChI=1S/C15H19N7O2/c1-19-13(12(6-16)14(23)20(2)15(19)24)21-5-3-4-11(7-21)8-22-10-17-9-18-22/h9-11H,3-5,7-8H2,1-2H3. The van der Waals surface area contributed by atoms with E-state index in [-0.39, 0.29) is 5.56 Å². The smallest absolute Gasteiger partial charge is 0.332 e. The summed E-state index contributed by atoms with van der Waals surface area (Å²) in [5.41, 5.74) is -0.956. The van der Waals surface area contributed by atoms with Gasteiger partial charge in [0.1, 0.15) is 24.5 Å². The molecule has 3 heterocycles. The zero-order chi connectivity index (χ0) is 17.3. The van der Waals surface area contributed by atoms with E-state index in [2.05, 4.69) is 10.1 Å². The van der Waals surface area contributed by atoms with Gasteiger partial charge in [-0.2, -0.15) is 10.4 Å². The van der Waals surface area contributed by atoms with Gasteiger partial charge < -0.3 is 4.90 Å². The second-order valence-corrected chi connectivity index (χ2v) is 6.09. The zero-order valence-electron chi connectivity index (χ0n) is 13.7. The van der Waals surface area contributed by atoms with Gasteiger partial charge in [0, 0.05) is 33.7 Å². The molecule has 2 aromatic rings. The first-order valence-electron chi connectivity index (χ1n) is 7.80. The topological polar surface area (TPSA) is 102 Å². The molecule has 126 valence electrons. The van der Waals surface area contributed by atoms with Crippen LogP contribution >= 0.6 is 0 Å². The molecule has 0 amide bonds. The van der Waals surface area contributed by atoms with E-state index in [0.29, 0.717) is 24.8 Å². The molecule has 2 aromatic heterocycles. The summed E-state index contributed by atoms with van der Waals surface area (Å²) in [5, 5.41) is 13.5. The van der Waals surface area contributed by atoms with Gasteiger partial charge in [-0.15, -0.1) is 0 Å². The van der Waals surface area contributed by atoms with Crippen LogP contribution in [0, 0.1) is 17.2 Å². The van der Waals surface area contributed by atoms with Crippen molar-refractivity contribution in [2.75, 3.05) is 18.0 Å². The number of nitriles is 1. The molecule has 1 aliphatic heterocycles. The minimum absolute atomic E-state index is 0.0148. The van der Waals surface area contributed by atoms with Crippen molar-refractivity contribution in [1.82, 2.24) is 23.9 Å². The molecule has 0 aromatic carbocycles. The normalized spacial score (nSPS) is 17.7. The molecular formula is C15H19N7O2.